The monoisotopic (exact) mass is 378 g/mol. The van der Waals surface area contributed by atoms with E-state index in [9.17, 15) is 18.0 Å². The number of carbonyl (C=O) groups excluding carboxylic acids is 1. The van der Waals surface area contributed by atoms with Crippen LogP contribution in [0, 0.1) is 0 Å². The van der Waals surface area contributed by atoms with Crippen LogP contribution in [-0.2, 0) is 6.54 Å². The van der Waals surface area contributed by atoms with Crippen molar-refractivity contribution in [1.29, 1.82) is 0 Å². The van der Waals surface area contributed by atoms with Crippen LogP contribution in [-0.4, -0.2) is 17.3 Å². The minimum Gasteiger partial charge on any atom is -0.406 e. The molecule has 1 amide bonds. The largest absolute Gasteiger partial charge is 0.573 e. The maximum Gasteiger partial charge on any atom is 0.573 e. The zero-order chi connectivity index (χ0) is 18.6. The molecule has 26 heavy (non-hydrogen) atoms. The first-order chi connectivity index (χ1) is 12.4. The van der Waals surface area contributed by atoms with E-state index in [0.717, 1.165) is 29.0 Å². The molecule has 2 aromatic heterocycles. The molecule has 0 saturated carbocycles. The Hall–Kier alpha value is -2.87. The SMILES string of the molecule is O=C(NCc1ccnc(-c2ccsc2)c1)c1cccc(OC(F)(F)F)c1. The third-order valence-electron chi connectivity index (χ3n) is 3.42. The van der Waals surface area contributed by atoms with E-state index in [1.54, 1.807) is 23.6 Å². The highest BCUT2D eigenvalue weighted by molar-refractivity contribution is 7.08. The van der Waals surface area contributed by atoms with E-state index in [2.05, 4.69) is 15.0 Å². The molecule has 1 aromatic carbocycles. The van der Waals surface area contributed by atoms with Crippen molar-refractivity contribution in [2.45, 2.75) is 12.9 Å². The lowest BCUT2D eigenvalue weighted by Crippen LogP contribution is -2.23. The highest BCUT2D eigenvalue weighted by atomic mass is 32.1. The molecule has 0 atom stereocenters. The summed E-state index contributed by atoms with van der Waals surface area (Å²) in [5.41, 5.74) is 2.69. The standard InChI is InChI=1S/C18H13F3N2O2S/c19-18(20,21)25-15-3-1-2-13(9-15)17(24)23-10-12-4-6-22-16(8-12)14-5-7-26-11-14/h1-9,11H,10H2,(H,23,24). The van der Waals surface area contributed by atoms with Gasteiger partial charge in [0, 0.05) is 29.2 Å². The summed E-state index contributed by atoms with van der Waals surface area (Å²) in [6.45, 7) is 0.225. The van der Waals surface area contributed by atoms with Crippen molar-refractivity contribution in [1.82, 2.24) is 10.3 Å². The third-order valence-corrected chi connectivity index (χ3v) is 4.11. The summed E-state index contributed by atoms with van der Waals surface area (Å²) in [4.78, 5) is 16.5. The number of benzene rings is 1. The summed E-state index contributed by atoms with van der Waals surface area (Å²) in [7, 11) is 0. The van der Waals surface area contributed by atoms with Crippen LogP contribution >= 0.6 is 11.3 Å². The zero-order valence-corrected chi connectivity index (χ0v) is 14.1. The molecule has 0 fully saturated rings. The van der Waals surface area contributed by atoms with Crippen LogP contribution in [0.1, 0.15) is 15.9 Å². The van der Waals surface area contributed by atoms with Crippen molar-refractivity contribution in [3.63, 3.8) is 0 Å². The lowest BCUT2D eigenvalue weighted by atomic mass is 10.1. The number of carbonyl (C=O) groups is 1. The lowest BCUT2D eigenvalue weighted by Gasteiger charge is -2.10. The van der Waals surface area contributed by atoms with Gasteiger partial charge in [-0.1, -0.05) is 6.07 Å². The maximum absolute atomic E-state index is 12.3. The van der Waals surface area contributed by atoms with Crippen LogP contribution in [0.15, 0.2) is 59.4 Å². The van der Waals surface area contributed by atoms with Crippen LogP contribution in [0.4, 0.5) is 13.2 Å². The maximum atomic E-state index is 12.3. The van der Waals surface area contributed by atoms with E-state index in [0.29, 0.717) is 0 Å². The number of nitrogens with zero attached hydrogens (tertiary/aromatic N) is 1. The Labute approximate surface area is 151 Å². The van der Waals surface area contributed by atoms with Gasteiger partial charge in [0.1, 0.15) is 5.75 Å². The number of halogens is 3. The minimum absolute atomic E-state index is 0.0823. The number of thiophene rings is 1. The molecule has 0 aliphatic heterocycles. The van der Waals surface area contributed by atoms with E-state index in [1.807, 2.05) is 22.9 Å². The van der Waals surface area contributed by atoms with Crippen LogP contribution < -0.4 is 10.1 Å². The number of amides is 1. The fourth-order valence-corrected chi connectivity index (χ4v) is 2.92. The normalized spacial score (nSPS) is 11.2. The Bertz CT molecular complexity index is 895. The van der Waals surface area contributed by atoms with Gasteiger partial charge in [0.25, 0.3) is 5.91 Å². The van der Waals surface area contributed by atoms with E-state index >= 15 is 0 Å². The topological polar surface area (TPSA) is 51.2 Å². The molecule has 134 valence electrons. The smallest absolute Gasteiger partial charge is 0.406 e. The van der Waals surface area contributed by atoms with Crippen molar-refractivity contribution < 1.29 is 22.7 Å². The molecule has 2 heterocycles. The number of hydrogen-bond acceptors (Lipinski definition) is 4. The van der Waals surface area contributed by atoms with Gasteiger partial charge in [-0.3, -0.25) is 9.78 Å². The van der Waals surface area contributed by atoms with Crippen molar-refractivity contribution in [3.05, 3.63) is 70.5 Å². The van der Waals surface area contributed by atoms with E-state index in [4.69, 9.17) is 0 Å². The highest BCUT2D eigenvalue weighted by Gasteiger charge is 2.31. The fourth-order valence-electron chi connectivity index (χ4n) is 2.27. The summed E-state index contributed by atoms with van der Waals surface area (Å²) in [6.07, 6.45) is -3.16. The van der Waals surface area contributed by atoms with Gasteiger partial charge >= 0.3 is 6.36 Å². The van der Waals surface area contributed by atoms with Gasteiger partial charge in [-0.2, -0.15) is 11.3 Å². The van der Waals surface area contributed by atoms with E-state index < -0.39 is 18.0 Å². The lowest BCUT2D eigenvalue weighted by molar-refractivity contribution is -0.274. The van der Waals surface area contributed by atoms with Gasteiger partial charge in [-0.05, 0) is 47.3 Å². The summed E-state index contributed by atoms with van der Waals surface area (Å²) in [6, 6.07) is 10.5. The third kappa shape index (κ3) is 4.82. The van der Waals surface area contributed by atoms with Gasteiger partial charge in [-0.15, -0.1) is 13.2 Å². The second kappa shape index (κ2) is 7.57. The zero-order valence-electron chi connectivity index (χ0n) is 13.3. The Morgan fingerprint density at radius 2 is 2.04 bits per heavy atom. The molecule has 0 saturated heterocycles. The van der Waals surface area contributed by atoms with Crippen LogP contribution in [0.25, 0.3) is 11.3 Å². The number of nitrogens with one attached hydrogen (secondary N) is 1. The number of hydrogen-bond donors (Lipinski definition) is 1. The predicted molar refractivity (Wildman–Crippen MR) is 91.8 cm³/mol. The van der Waals surface area contributed by atoms with Gasteiger partial charge in [0.05, 0.1) is 5.69 Å². The van der Waals surface area contributed by atoms with E-state index in [1.165, 1.54) is 12.1 Å². The molecule has 0 aliphatic rings. The number of alkyl halides is 3. The van der Waals surface area contributed by atoms with Crippen molar-refractivity contribution in [3.8, 4) is 17.0 Å². The molecule has 1 N–H and O–H groups in total. The van der Waals surface area contributed by atoms with Crippen LogP contribution in [0.3, 0.4) is 0 Å². The average molecular weight is 378 g/mol. The number of pyridine rings is 1. The average Bonchev–Trinajstić information content (AvgIpc) is 3.13. The molecule has 3 rings (SSSR count). The Balaban J connectivity index is 1.66. The Morgan fingerprint density at radius 1 is 1.19 bits per heavy atom. The van der Waals surface area contributed by atoms with Gasteiger partial charge < -0.3 is 10.1 Å². The number of rotatable bonds is 5. The second-order valence-electron chi connectivity index (χ2n) is 5.32. The van der Waals surface area contributed by atoms with Crippen LogP contribution in [0.2, 0.25) is 0 Å². The highest BCUT2D eigenvalue weighted by Crippen LogP contribution is 2.23. The van der Waals surface area contributed by atoms with Gasteiger partial charge in [0.2, 0.25) is 0 Å². The van der Waals surface area contributed by atoms with Gasteiger partial charge in [-0.25, -0.2) is 0 Å². The van der Waals surface area contributed by atoms with Crippen LogP contribution in [0.5, 0.6) is 5.75 Å². The fraction of sp³-hybridized carbons (Fsp3) is 0.111. The second-order valence-corrected chi connectivity index (χ2v) is 6.10. The number of ether oxygens (including phenoxy) is 1. The van der Waals surface area contributed by atoms with Gasteiger partial charge in [0.15, 0.2) is 0 Å². The molecule has 0 spiro atoms. The van der Waals surface area contributed by atoms with E-state index in [-0.39, 0.29) is 12.1 Å². The van der Waals surface area contributed by atoms with Crippen molar-refractivity contribution in [2.24, 2.45) is 0 Å². The molecule has 0 unspecified atom stereocenters. The van der Waals surface area contributed by atoms with Crippen molar-refractivity contribution in [2.75, 3.05) is 0 Å². The number of aromatic nitrogens is 1. The summed E-state index contributed by atoms with van der Waals surface area (Å²) in [5.74, 6) is -0.930. The molecule has 4 nitrogen and oxygen atoms in total. The summed E-state index contributed by atoms with van der Waals surface area (Å²) < 4.78 is 40.6. The molecule has 3 aromatic rings. The Kier molecular flexibility index (Phi) is 5.22. The first-order valence-electron chi connectivity index (χ1n) is 7.52. The first-order valence-corrected chi connectivity index (χ1v) is 8.46. The molecule has 0 bridgehead atoms. The molecular weight excluding hydrogens is 365 g/mol. The summed E-state index contributed by atoms with van der Waals surface area (Å²) in [5, 5.41) is 6.59. The molecule has 0 radical (unpaired) electrons. The molecule has 0 aliphatic carbocycles. The minimum atomic E-state index is -4.80. The quantitative estimate of drug-likeness (QED) is 0.704. The summed E-state index contributed by atoms with van der Waals surface area (Å²) >= 11 is 1.56. The molecular formula is C18H13F3N2O2S. The first kappa shape index (κ1) is 17.9. The predicted octanol–water partition coefficient (Wildman–Crippen LogP) is 4.64. The van der Waals surface area contributed by atoms with Crippen molar-refractivity contribution >= 4 is 17.2 Å². The Morgan fingerprint density at radius 3 is 2.77 bits per heavy atom. The molecule has 8 heteroatoms.